The molecule has 0 bridgehead atoms. The summed E-state index contributed by atoms with van der Waals surface area (Å²) in [7, 11) is 1.27. The molecule has 1 amide bonds. The Bertz CT molecular complexity index is 240. The van der Waals surface area contributed by atoms with Crippen LogP contribution in [0.5, 0.6) is 0 Å². The zero-order valence-electron chi connectivity index (χ0n) is 9.82. The van der Waals surface area contributed by atoms with Crippen LogP contribution in [-0.2, 0) is 14.3 Å². The van der Waals surface area contributed by atoms with Crippen molar-refractivity contribution in [2.75, 3.05) is 13.7 Å². The number of carbonyl (C=O) groups excluding carboxylic acids is 2. The fourth-order valence-corrected chi connectivity index (χ4v) is 1.02. The molecule has 0 saturated heterocycles. The molecule has 1 atom stereocenters. The van der Waals surface area contributed by atoms with Crippen molar-refractivity contribution in [1.82, 2.24) is 5.32 Å². The number of methoxy groups -OCH3 is 1. The second-order valence-electron chi connectivity index (χ2n) is 3.23. The van der Waals surface area contributed by atoms with Crippen LogP contribution in [0.15, 0.2) is 12.7 Å². The number of ether oxygens (including phenoxy) is 2. The molecule has 1 unspecified atom stereocenters. The van der Waals surface area contributed by atoms with E-state index in [0.29, 0.717) is 13.0 Å². The number of carbonyl (C=O) groups is 2. The van der Waals surface area contributed by atoms with Crippen molar-refractivity contribution in [3.8, 4) is 0 Å². The maximum Gasteiger partial charge on any atom is 0.407 e. The van der Waals surface area contributed by atoms with Gasteiger partial charge in [0.25, 0.3) is 0 Å². The third kappa shape index (κ3) is 6.06. The van der Waals surface area contributed by atoms with Crippen LogP contribution in [-0.4, -0.2) is 31.8 Å². The van der Waals surface area contributed by atoms with E-state index < -0.39 is 18.1 Å². The van der Waals surface area contributed by atoms with Gasteiger partial charge < -0.3 is 14.8 Å². The molecule has 0 spiro atoms. The van der Waals surface area contributed by atoms with Crippen LogP contribution >= 0.6 is 0 Å². The topological polar surface area (TPSA) is 64.6 Å². The molecule has 0 aromatic rings. The molecule has 1 N–H and O–H groups in total. The van der Waals surface area contributed by atoms with Crippen molar-refractivity contribution in [3.63, 3.8) is 0 Å². The lowest BCUT2D eigenvalue weighted by atomic mass is 10.2. The average Bonchev–Trinajstić information content (AvgIpc) is 2.28. The highest BCUT2D eigenvalue weighted by atomic mass is 16.6. The van der Waals surface area contributed by atoms with Gasteiger partial charge in [0.1, 0.15) is 6.04 Å². The minimum absolute atomic E-state index is 0.315. The van der Waals surface area contributed by atoms with E-state index in [-0.39, 0.29) is 0 Å². The Hall–Kier alpha value is -1.52. The maximum absolute atomic E-state index is 11.2. The molecular weight excluding hydrogens is 210 g/mol. The van der Waals surface area contributed by atoms with Gasteiger partial charge in [-0.05, 0) is 12.8 Å². The molecule has 0 aromatic heterocycles. The van der Waals surface area contributed by atoms with Crippen molar-refractivity contribution in [2.24, 2.45) is 0 Å². The quantitative estimate of drug-likeness (QED) is 0.409. The van der Waals surface area contributed by atoms with E-state index in [9.17, 15) is 9.59 Å². The summed E-state index contributed by atoms with van der Waals surface area (Å²) in [6, 6.07) is -0.725. The van der Waals surface area contributed by atoms with Crippen LogP contribution in [0, 0.1) is 0 Å². The van der Waals surface area contributed by atoms with Gasteiger partial charge in [-0.3, -0.25) is 0 Å². The van der Waals surface area contributed by atoms with Crippen LogP contribution in [0.3, 0.4) is 0 Å². The summed E-state index contributed by atoms with van der Waals surface area (Å²) in [6.07, 6.45) is 2.99. The van der Waals surface area contributed by atoms with Crippen molar-refractivity contribution >= 4 is 12.1 Å². The summed E-state index contributed by atoms with van der Waals surface area (Å²) in [6.45, 7) is 5.85. The predicted molar refractivity (Wildman–Crippen MR) is 60.0 cm³/mol. The molecule has 0 aromatic carbocycles. The summed E-state index contributed by atoms with van der Waals surface area (Å²) < 4.78 is 9.40. The Balaban J connectivity index is 4.02. The largest absolute Gasteiger partial charge is 0.467 e. The molecule has 0 heterocycles. The van der Waals surface area contributed by atoms with Crippen LogP contribution in [0.25, 0.3) is 0 Å². The van der Waals surface area contributed by atoms with E-state index in [4.69, 9.17) is 4.74 Å². The molecule has 0 aliphatic carbocycles. The molecule has 0 rings (SSSR count). The number of rotatable bonds is 7. The number of hydrogen-bond donors (Lipinski definition) is 1. The molecule has 5 heteroatoms. The van der Waals surface area contributed by atoms with E-state index >= 15 is 0 Å². The summed E-state index contributed by atoms with van der Waals surface area (Å²) in [4.78, 5) is 22.5. The Morgan fingerprint density at radius 3 is 2.69 bits per heavy atom. The third-order valence-electron chi connectivity index (χ3n) is 1.91. The van der Waals surface area contributed by atoms with Gasteiger partial charge in [-0.1, -0.05) is 19.4 Å². The number of alkyl carbamates (subject to hydrolysis) is 1. The number of unbranched alkanes of at least 4 members (excludes halogenated alkanes) is 1. The zero-order chi connectivity index (χ0) is 12.4. The first kappa shape index (κ1) is 14.5. The van der Waals surface area contributed by atoms with Crippen molar-refractivity contribution in [2.45, 2.75) is 32.2 Å². The highest BCUT2D eigenvalue weighted by Crippen LogP contribution is 1.97. The molecule has 0 saturated carbocycles. The van der Waals surface area contributed by atoms with Gasteiger partial charge in [0, 0.05) is 0 Å². The normalized spacial score (nSPS) is 11.4. The average molecular weight is 229 g/mol. The van der Waals surface area contributed by atoms with Crippen molar-refractivity contribution in [1.29, 1.82) is 0 Å². The number of nitrogens with one attached hydrogen (secondary N) is 1. The lowest BCUT2D eigenvalue weighted by Crippen LogP contribution is -2.41. The second-order valence-corrected chi connectivity index (χ2v) is 3.23. The van der Waals surface area contributed by atoms with Crippen LogP contribution in [0.2, 0.25) is 0 Å². The SMILES string of the molecule is C=CCC(NC(=O)OCCCC)C(=O)OC. The third-order valence-corrected chi connectivity index (χ3v) is 1.91. The van der Waals surface area contributed by atoms with Crippen molar-refractivity contribution in [3.05, 3.63) is 12.7 Å². The van der Waals surface area contributed by atoms with Gasteiger partial charge in [0.05, 0.1) is 13.7 Å². The maximum atomic E-state index is 11.2. The number of esters is 1. The zero-order valence-corrected chi connectivity index (χ0v) is 9.82. The summed E-state index contributed by atoms with van der Waals surface area (Å²) >= 11 is 0. The summed E-state index contributed by atoms with van der Waals surface area (Å²) in [5.41, 5.74) is 0. The molecule has 5 nitrogen and oxygen atoms in total. The van der Waals surface area contributed by atoms with Crippen LogP contribution in [0.4, 0.5) is 4.79 Å². The Morgan fingerprint density at radius 2 is 2.19 bits per heavy atom. The van der Waals surface area contributed by atoms with Gasteiger partial charge in [0.15, 0.2) is 0 Å². The van der Waals surface area contributed by atoms with Gasteiger partial charge in [-0.25, -0.2) is 9.59 Å². The molecule has 0 aliphatic rings. The number of amides is 1. The lowest BCUT2D eigenvalue weighted by molar-refractivity contribution is -0.142. The Labute approximate surface area is 95.8 Å². The Kier molecular flexibility index (Phi) is 7.93. The van der Waals surface area contributed by atoms with Crippen LogP contribution in [0.1, 0.15) is 26.2 Å². The van der Waals surface area contributed by atoms with Crippen LogP contribution < -0.4 is 5.32 Å². The summed E-state index contributed by atoms with van der Waals surface area (Å²) in [5, 5.41) is 2.42. The van der Waals surface area contributed by atoms with E-state index in [2.05, 4.69) is 16.6 Å². The second kappa shape index (κ2) is 8.76. The fraction of sp³-hybridized carbons (Fsp3) is 0.636. The molecule has 0 radical (unpaired) electrons. The first-order valence-electron chi connectivity index (χ1n) is 5.27. The van der Waals surface area contributed by atoms with Gasteiger partial charge >= 0.3 is 12.1 Å². The van der Waals surface area contributed by atoms with Gasteiger partial charge in [-0.2, -0.15) is 0 Å². The number of hydrogen-bond acceptors (Lipinski definition) is 4. The van der Waals surface area contributed by atoms with E-state index in [1.165, 1.54) is 13.2 Å². The molecule has 0 fully saturated rings. The lowest BCUT2D eigenvalue weighted by Gasteiger charge is -2.14. The van der Waals surface area contributed by atoms with E-state index in [1.54, 1.807) is 0 Å². The Morgan fingerprint density at radius 1 is 1.50 bits per heavy atom. The van der Waals surface area contributed by atoms with Gasteiger partial charge in [0.2, 0.25) is 0 Å². The van der Waals surface area contributed by atoms with E-state index in [1.807, 2.05) is 6.92 Å². The standard InChI is InChI=1S/C11H19NO4/c1-4-6-8-16-11(14)12-9(7-5-2)10(13)15-3/h5,9H,2,4,6-8H2,1,3H3,(H,12,14). The smallest absolute Gasteiger partial charge is 0.407 e. The minimum atomic E-state index is -0.725. The highest BCUT2D eigenvalue weighted by Gasteiger charge is 2.20. The minimum Gasteiger partial charge on any atom is -0.467 e. The van der Waals surface area contributed by atoms with Gasteiger partial charge in [-0.15, -0.1) is 6.58 Å². The van der Waals surface area contributed by atoms with E-state index in [0.717, 1.165) is 12.8 Å². The predicted octanol–water partition coefficient (Wildman–Crippen LogP) is 1.63. The molecule has 16 heavy (non-hydrogen) atoms. The highest BCUT2D eigenvalue weighted by molar-refractivity contribution is 5.81. The molecule has 0 aliphatic heterocycles. The first-order chi connectivity index (χ1) is 7.65. The monoisotopic (exact) mass is 229 g/mol. The molecule has 92 valence electrons. The first-order valence-corrected chi connectivity index (χ1v) is 5.27. The molecular formula is C11H19NO4. The van der Waals surface area contributed by atoms with Crippen molar-refractivity contribution < 1.29 is 19.1 Å². The summed E-state index contributed by atoms with van der Waals surface area (Å²) in [5.74, 6) is -0.507. The fourth-order valence-electron chi connectivity index (χ4n) is 1.02.